The number of primary amides is 1. The largest absolute Gasteiger partial charge is 0.378 e. The fourth-order valence-electron chi connectivity index (χ4n) is 2.07. The van der Waals surface area contributed by atoms with Crippen LogP contribution in [0.1, 0.15) is 24.7 Å². The molecule has 2 rings (SSSR count). The first kappa shape index (κ1) is 14.1. The van der Waals surface area contributed by atoms with E-state index in [1.165, 1.54) is 0 Å². The van der Waals surface area contributed by atoms with Crippen molar-refractivity contribution in [3.05, 3.63) is 48.0 Å². The maximum absolute atomic E-state index is 10.8. The molecule has 0 saturated carbocycles. The smallest absolute Gasteiger partial charge is 0.221 e. The van der Waals surface area contributed by atoms with E-state index < -0.39 is 0 Å². The molecule has 1 amide bonds. The van der Waals surface area contributed by atoms with Crippen LogP contribution >= 0.6 is 0 Å². The van der Waals surface area contributed by atoms with Crippen molar-refractivity contribution in [1.82, 2.24) is 9.55 Å². The van der Waals surface area contributed by atoms with Crippen molar-refractivity contribution in [1.29, 1.82) is 0 Å². The summed E-state index contributed by atoms with van der Waals surface area (Å²) in [6, 6.07) is 7.72. The number of nitrogens with two attached hydrogens (primary N) is 1. The van der Waals surface area contributed by atoms with Gasteiger partial charge in [0.1, 0.15) is 5.82 Å². The van der Waals surface area contributed by atoms with Crippen molar-refractivity contribution in [2.45, 2.75) is 32.9 Å². The fourth-order valence-corrected chi connectivity index (χ4v) is 2.07. The lowest BCUT2D eigenvalue weighted by atomic mass is 10.1. The summed E-state index contributed by atoms with van der Waals surface area (Å²) in [4.78, 5) is 15.2. The highest BCUT2D eigenvalue weighted by Gasteiger charge is 2.02. The first-order chi connectivity index (χ1) is 9.69. The Morgan fingerprint density at radius 1 is 1.35 bits per heavy atom. The summed E-state index contributed by atoms with van der Waals surface area (Å²) in [6.45, 7) is 3.81. The summed E-state index contributed by atoms with van der Waals surface area (Å²) in [5.41, 5.74) is 7.10. The summed E-state index contributed by atoms with van der Waals surface area (Å²) in [6.07, 6.45) is 5.19. The Balaban J connectivity index is 1.93. The Hall–Kier alpha value is -2.30. The highest BCUT2D eigenvalue weighted by atomic mass is 16.1. The van der Waals surface area contributed by atoms with Crippen LogP contribution in [0.3, 0.4) is 0 Å². The number of carbonyl (C=O) groups is 1. The van der Waals surface area contributed by atoms with Gasteiger partial charge in [0.15, 0.2) is 0 Å². The number of carbonyl (C=O) groups excluding carboxylic acids is 1. The van der Waals surface area contributed by atoms with Gasteiger partial charge in [0, 0.05) is 24.6 Å². The third-order valence-electron chi connectivity index (χ3n) is 3.05. The number of aryl methyl sites for hydroxylation is 1. The number of rotatable bonds is 7. The van der Waals surface area contributed by atoms with Crippen LogP contribution < -0.4 is 11.1 Å². The molecule has 0 aliphatic rings. The van der Waals surface area contributed by atoms with Crippen LogP contribution in [0.4, 0.5) is 5.69 Å². The number of benzene rings is 1. The van der Waals surface area contributed by atoms with Gasteiger partial charge in [-0.2, -0.15) is 0 Å². The molecular weight excluding hydrogens is 252 g/mol. The molecule has 0 aliphatic heterocycles. The van der Waals surface area contributed by atoms with Crippen molar-refractivity contribution in [3.63, 3.8) is 0 Å². The lowest BCUT2D eigenvalue weighted by Crippen LogP contribution is -2.13. The topological polar surface area (TPSA) is 72.9 Å². The molecule has 0 spiro atoms. The molecule has 20 heavy (non-hydrogen) atoms. The predicted molar refractivity (Wildman–Crippen MR) is 79.2 cm³/mol. The molecule has 5 nitrogen and oxygen atoms in total. The number of anilines is 1. The Bertz CT molecular complexity index is 560. The number of imidazole rings is 1. The Labute approximate surface area is 118 Å². The highest BCUT2D eigenvalue weighted by Crippen LogP contribution is 2.11. The van der Waals surface area contributed by atoms with Crippen LogP contribution in [0, 0.1) is 0 Å². The molecule has 1 aromatic carbocycles. The normalized spacial score (nSPS) is 10.4. The Kier molecular flexibility index (Phi) is 4.76. The number of nitrogens with zero attached hydrogens (tertiary/aromatic N) is 2. The van der Waals surface area contributed by atoms with Crippen molar-refractivity contribution < 1.29 is 4.79 Å². The minimum absolute atomic E-state index is 0.279. The molecule has 106 valence electrons. The van der Waals surface area contributed by atoms with E-state index in [4.69, 9.17) is 5.73 Å². The number of nitrogens with one attached hydrogen (secondary N) is 1. The van der Waals surface area contributed by atoms with E-state index in [0.29, 0.717) is 6.54 Å². The van der Waals surface area contributed by atoms with Gasteiger partial charge in [0.25, 0.3) is 0 Å². The molecule has 0 radical (unpaired) electrons. The minimum Gasteiger partial charge on any atom is -0.378 e. The summed E-state index contributed by atoms with van der Waals surface area (Å²) >= 11 is 0. The zero-order chi connectivity index (χ0) is 14.4. The van der Waals surface area contributed by atoms with Gasteiger partial charge in [-0.1, -0.05) is 19.1 Å². The summed E-state index contributed by atoms with van der Waals surface area (Å²) < 4.78 is 2.15. The van der Waals surface area contributed by atoms with Crippen LogP contribution in [0.5, 0.6) is 0 Å². The number of aromatic nitrogens is 2. The lowest BCUT2D eigenvalue weighted by Gasteiger charge is -2.09. The molecule has 2 aromatic rings. The second-order valence-corrected chi connectivity index (χ2v) is 4.73. The van der Waals surface area contributed by atoms with Crippen molar-refractivity contribution in [3.8, 4) is 0 Å². The van der Waals surface area contributed by atoms with Crippen LogP contribution in [0.25, 0.3) is 0 Å². The van der Waals surface area contributed by atoms with E-state index in [2.05, 4.69) is 21.8 Å². The Morgan fingerprint density at radius 2 is 2.10 bits per heavy atom. The van der Waals surface area contributed by atoms with Gasteiger partial charge >= 0.3 is 0 Å². The molecule has 0 bridgehead atoms. The van der Waals surface area contributed by atoms with Crippen LogP contribution in [-0.2, 0) is 24.3 Å². The third kappa shape index (κ3) is 3.85. The van der Waals surface area contributed by atoms with E-state index in [0.717, 1.165) is 30.0 Å². The van der Waals surface area contributed by atoms with E-state index >= 15 is 0 Å². The number of hydrogen-bond donors (Lipinski definition) is 2. The minimum atomic E-state index is -0.313. The van der Waals surface area contributed by atoms with Crippen LogP contribution in [-0.4, -0.2) is 15.5 Å². The van der Waals surface area contributed by atoms with Gasteiger partial charge in [-0.15, -0.1) is 0 Å². The molecular formula is C15H20N4O. The zero-order valence-electron chi connectivity index (χ0n) is 11.7. The van der Waals surface area contributed by atoms with Crippen molar-refractivity contribution in [2.24, 2.45) is 5.73 Å². The SMILES string of the molecule is CCCn1ccnc1CNc1ccc(CC(N)=O)cc1. The van der Waals surface area contributed by atoms with Gasteiger partial charge in [0.05, 0.1) is 13.0 Å². The lowest BCUT2D eigenvalue weighted by molar-refractivity contribution is -0.117. The van der Waals surface area contributed by atoms with Crippen molar-refractivity contribution in [2.75, 3.05) is 5.32 Å². The molecule has 1 aromatic heterocycles. The first-order valence-electron chi connectivity index (χ1n) is 6.80. The van der Waals surface area contributed by atoms with Crippen molar-refractivity contribution >= 4 is 11.6 Å². The number of amides is 1. The standard InChI is InChI=1S/C15H20N4O/c1-2-8-19-9-7-17-15(19)11-18-13-5-3-12(4-6-13)10-14(16)20/h3-7,9,18H,2,8,10-11H2,1H3,(H2,16,20). The summed E-state index contributed by atoms with van der Waals surface area (Å²) in [5.74, 6) is 0.709. The Morgan fingerprint density at radius 3 is 2.75 bits per heavy atom. The highest BCUT2D eigenvalue weighted by molar-refractivity contribution is 5.76. The molecule has 0 unspecified atom stereocenters. The average Bonchev–Trinajstić information content (AvgIpc) is 2.85. The molecule has 5 heteroatoms. The van der Waals surface area contributed by atoms with Crippen LogP contribution in [0.2, 0.25) is 0 Å². The molecule has 0 atom stereocenters. The van der Waals surface area contributed by atoms with Gasteiger partial charge < -0.3 is 15.6 Å². The quantitative estimate of drug-likeness (QED) is 0.809. The van der Waals surface area contributed by atoms with E-state index in [9.17, 15) is 4.79 Å². The fraction of sp³-hybridized carbons (Fsp3) is 0.333. The molecule has 0 aliphatic carbocycles. The van der Waals surface area contributed by atoms with Gasteiger partial charge in [-0.25, -0.2) is 4.98 Å². The predicted octanol–water partition coefficient (Wildman–Crippen LogP) is 1.93. The van der Waals surface area contributed by atoms with Crippen LogP contribution in [0.15, 0.2) is 36.7 Å². The van der Waals surface area contributed by atoms with E-state index in [1.54, 1.807) is 0 Å². The zero-order valence-corrected chi connectivity index (χ0v) is 11.7. The molecule has 0 fully saturated rings. The third-order valence-corrected chi connectivity index (χ3v) is 3.05. The monoisotopic (exact) mass is 272 g/mol. The van der Waals surface area contributed by atoms with Gasteiger partial charge in [-0.3, -0.25) is 4.79 Å². The second kappa shape index (κ2) is 6.75. The number of hydrogen-bond acceptors (Lipinski definition) is 3. The summed E-state index contributed by atoms with van der Waals surface area (Å²) in [5, 5.41) is 3.33. The van der Waals surface area contributed by atoms with E-state index in [1.807, 2.05) is 36.7 Å². The average molecular weight is 272 g/mol. The first-order valence-corrected chi connectivity index (χ1v) is 6.80. The van der Waals surface area contributed by atoms with E-state index in [-0.39, 0.29) is 12.3 Å². The molecule has 1 heterocycles. The van der Waals surface area contributed by atoms with Gasteiger partial charge in [0.2, 0.25) is 5.91 Å². The second-order valence-electron chi connectivity index (χ2n) is 4.73. The molecule has 0 saturated heterocycles. The van der Waals surface area contributed by atoms with Gasteiger partial charge in [-0.05, 0) is 24.1 Å². The molecule has 3 N–H and O–H groups in total. The summed E-state index contributed by atoms with van der Waals surface area (Å²) in [7, 11) is 0. The maximum Gasteiger partial charge on any atom is 0.221 e. The maximum atomic E-state index is 10.8.